The largest absolute Gasteiger partial charge is 0.481 e. The number of amides is 1. The van der Waals surface area contributed by atoms with Crippen molar-refractivity contribution in [2.24, 2.45) is 5.41 Å². The van der Waals surface area contributed by atoms with E-state index < -0.39 is 29.2 Å². The zero-order valence-electron chi connectivity index (χ0n) is 13.1. The van der Waals surface area contributed by atoms with E-state index in [1.165, 1.54) is 6.07 Å². The number of hydrogen-bond donors (Lipinski definition) is 2. The summed E-state index contributed by atoms with van der Waals surface area (Å²) in [5.41, 5.74) is 0.0417. The number of carboxylic acids is 1. The van der Waals surface area contributed by atoms with Gasteiger partial charge in [-0.15, -0.1) is 11.8 Å². The van der Waals surface area contributed by atoms with E-state index in [1.807, 2.05) is 0 Å². The monoisotopic (exact) mass is 361 g/mol. The molecule has 1 aliphatic carbocycles. The van der Waals surface area contributed by atoms with Crippen LogP contribution in [-0.4, -0.2) is 28.9 Å². The van der Waals surface area contributed by atoms with Crippen molar-refractivity contribution in [1.29, 1.82) is 0 Å². The van der Waals surface area contributed by atoms with Crippen LogP contribution in [0.3, 0.4) is 0 Å². The standard InChI is InChI=1S/C16H18F3NO3S/c1-10-3-4-12(24-9-16(17,18)19)11(7-10)20-13(21)8-15(14(22)23)5-2-6-15/h3-4,7H,2,5-6,8-9H2,1H3,(H,20,21)(H,22,23). The molecular weight excluding hydrogens is 343 g/mol. The number of aliphatic carboxylic acids is 1. The lowest BCUT2D eigenvalue weighted by atomic mass is 9.66. The second-order valence-electron chi connectivity index (χ2n) is 6.07. The maximum atomic E-state index is 12.4. The van der Waals surface area contributed by atoms with Crippen LogP contribution in [0, 0.1) is 12.3 Å². The highest BCUT2D eigenvalue weighted by Gasteiger charge is 2.45. The Morgan fingerprint density at radius 1 is 1.33 bits per heavy atom. The highest BCUT2D eigenvalue weighted by Crippen LogP contribution is 2.44. The molecule has 0 aromatic heterocycles. The molecule has 0 heterocycles. The van der Waals surface area contributed by atoms with E-state index >= 15 is 0 Å². The maximum absolute atomic E-state index is 12.4. The molecule has 0 spiro atoms. The van der Waals surface area contributed by atoms with E-state index in [-0.39, 0.29) is 12.1 Å². The first kappa shape index (κ1) is 18.6. The van der Waals surface area contributed by atoms with E-state index in [0.717, 1.165) is 12.0 Å². The molecule has 1 aromatic carbocycles. The van der Waals surface area contributed by atoms with Crippen molar-refractivity contribution >= 4 is 29.3 Å². The number of anilines is 1. The number of carbonyl (C=O) groups excluding carboxylic acids is 1. The predicted octanol–water partition coefficient (Wildman–Crippen LogP) is 4.23. The molecule has 1 aromatic rings. The Morgan fingerprint density at radius 2 is 2.00 bits per heavy atom. The number of thioether (sulfide) groups is 1. The Balaban J connectivity index is 2.09. The van der Waals surface area contributed by atoms with E-state index in [1.54, 1.807) is 19.1 Å². The van der Waals surface area contributed by atoms with Gasteiger partial charge in [-0.25, -0.2) is 0 Å². The van der Waals surface area contributed by atoms with Gasteiger partial charge in [-0.05, 0) is 37.5 Å². The van der Waals surface area contributed by atoms with Gasteiger partial charge in [0.25, 0.3) is 0 Å². The van der Waals surface area contributed by atoms with E-state index in [9.17, 15) is 27.9 Å². The number of rotatable bonds is 6. The molecule has 24 heavy (non-hydrogen) atoms. The predicted molar refractivity (Wildman–Crippen MR) is 85.1 cm³/mol. The zero-order chi connectivity index (χ0) is 18.0. The number of aryl methyl sites for hydroxylation is 1. The van der Waals surface area contributed by atoms with Crippen LogP contribution in [0.25, 0.3) is 0 Å². The summed E-state index contributed by atoms with van der Waals surface area (Å²) in [6.45, 7) is 1.76. The van der Waals surface area contributed by atoms with Crippen molar-refractivity contribution in [3.8, 4) is 0 Å². The molecular formula is C16H18F3NO3S. The van der Waals surface area contributed by atoms with Crippen molar-refractivity contribution in [3.05, 3.63) is 23.8 Å². The fourth-order valence-electron chi connectivity index (χ4n) is 2.60. The lowest BCUT2D eigenvalue weighted by Crippen LogP contribution is -2.41. The smallest absolute Gasteiger partial charge is 0.398 e. The topological polar surface area (TPSA) is 66.4 Å². The minimum Gasteiger partial charge on any atom is -0.481 e. The van der Waals surface area contributed by atoms with Crippen LogP contribution in [0.15, 0.2) is 23.1 Å². The number of alkyl halides is 3. The number of carboxylic acid groups (broad SMARTS) is 1. The molecule has 2 N–H and O–H groups in total. The summed E-state index contributed by atoms with van der Waals surface area (Å²) in [4.78, 5) is 23.8. The Kier molecular flexibility index (Phi) is 5.47. The Morgan fingerprint density at radius 3 is 2.50 bits per heavy atom. The van der Waals surface area contributed by atoms with Gasteiger partial charge in [0.05, 0.1) is 16.9 Å². The Labute approximate surface area is 141 Å². The third kappa shape index (κ3) is 4.66. The van der Waals surface area contributed by atoms with Gasteiger partial charge in [-0.3, -0.25) is 9.59 Å². The molecule has 1 fully saturated rings. The molecule has 0 unspecified atom stereocenters. The highest BCUT2D eigenvalue weighted by atomic mass is 32.2. The summed E-state index contributed by atoms with van der Waals surface area (Å²) in [5.74, 6) is -2.55. The second-order valence-corrected chi connectivity index (χ2v) is 7.08. The van der Waals surface area contributed by atoms with E-state index in [2.05, 4.69) is 5.32 Å². The SMILES string of the molecule is Cc1ccc(SCC(F)(F)F)c(NC(=O)CC2(C(=O)O)CCC2)c1. The third-order valence-corrected chi connectivity index (χ3v) is 5.20. The van der Waals surface area contributed by atoms with Crippen molar-refractivity contribution in [1.82, 2.24) is 0 Å². The van der Waals surface area contributed by atoms with Crippen molar-refractivity contribution < 1.29 is 27.9 Å². The number of benzene rings is 1. The third-order valence-electron chi connectivity index (χ3n) is 4.06. The van der Waals surface area contributed by atoms with Gasteiger partial charge >= 0.3 is 12.1 Å². The van der Waals surface area contributed by atoms with Crippen molar-refractivity contribution in [2.45, 2.75) is 43.7 Å². The minimum absolute atomic E-state index is 0.167. The van der Waals surface area contributed by atoms with Gasteiger partial charge in [0.2, 0.25) is 5.91 Å². The van der Waals surface area contributed by atoms with Crippen molar-refractivity contribution in [3.63, 3.8) is 0 Å². The molecule has 0 atom stereocenters. The molecule has 132 valence electrons. The lowest BCUT2D eigenvalue weighted by molar-refractivity contribution is -0.157. The number of nitrogens with one attached hydrogen (secondary N) is 1. The first-order valence-corrected chi connectivity index (χ1v) is 8.43. The van der Waals surface area contributed by atoms with Crippen LogP contribution in [0.4, 0.5) is 18.9 Å². The van der Waals surface area contributed by atoms with Crippen LogP contribution >= 0.6 is 11.8 Å². The molecule has 8 heteroatoms. The Bertz CT molecular complexity index is 642. The summed E-state index contributed by atoms with van der Waals surface area (Å²) in [5, 5.41) is 11.8. The van der Waals surface area contributed by atoms with Crippen LogP contribution < -0.4 is 5.32 Å². The van der Waals surface area contributed by atoms with Gasteiger partial charge in [0.15, 0.2) is 0 Å². The van der Waals surface area contributed by atoms with E-state index in [0.29, 0.717) is 29.5 Å². The molecule has 0 bridgehead atoms. The fourth-order valence-corrected chi connectivity index (χ4v) is 3.35. The van der Waals surface area contributed by atoms with Crippen molar-refractivity contribution in [2.75, 3.05) is 11.1 Å². The number of carbonyl (C=O) groups is 2. The summed E-state index contributed by atoms with van der Waals surface area (Å²) in [7, 11) is 0. The van der Waals surface area contributed by atoms with Crippen LogP contribution in [0.5, 0.6) is 0 Å². The first-order chi connectivity index (χ1) is 11.1. The molecule has 0 aliphatic heterocycles. The number of halogens is 3. The minimum atomic E-state index is -4.31. The quantitative estimate of drug-likeness (QED) is 0.744. The van der Waals surface area contributed by atoms with Gasteiger partial charge in [0, 0.05) is 11.3 Å². The Hall–Kier alpha value is -1.70. The van der Waals surface area contributed by atoms with Gasteiger partial charge in [-0.1, -0.05) is 12.5 Å². The van der Waals surface area contributed by atoms with Gasteiger partial charge in [-0.2, -0.15) is 13.2 Å². The lowest BCUT2D eigenvalue weighted by Gasteiger charge is -2.36. The summed E-state index contributed by atoms with van der Waals surface area (Å²) >= 11 is 0.593. The molecule has 1 saturated carbocycles. The normalized spacial score (nSPS) is 16.3. The van der Waals surface area contributed by atoms with Crippen LogP contribution in [0.1, 0.15) is 31.2 Å². The molecule has 4 nitrogen and oxygen atoms in total. The molecule has 2 rings (SSSR count). The molecule has 0 radical (unpaired) electrons. The van der Waals surface area contributed by atoms with E-state index in [4.69, 9.17) is 0 Å². The average molecular weight is 361 g/mol. The zero-order valence-corrected chi connectivity index (χ0v) is 13.9. The van der Waals surface area contributed by atoms with Crippen LogP contribution in [0.2, 0.25) is 0 Å². The summed E-state index contributed by atoms with van der Waals surface area (Å²) in [6, 6.07) is 4.78. The number of hydrogen-bond acceptors (Lipinski definition) is 3. The second kappa shape index (κ2) is 7.04. The van der Waals surface area contributed by atoms with Crippen LogP contribution in [-0.2, 0) is 9.59 Å². The fraction of sp³-hybridized carbons (Fsp3) is 0.500. The highest BCUT2D eigenvalue weighted by molar-refractivity contribution is 7.99. The van der Waals surface area contributed by atoms with Gasteiger partial charge < -0.3 is 10.4 Å². The molecule has 0 saturated heterocycles. The molecule has 1 amide bonds. The van der Waals surface area contributed by atoms with Gasteiger partial charge in [0.1, 0.15) is 0 Å². The molecule has 1 aliphatic rings. The summed E-state index contributed by atoms with van der Waals surface area (Å²) < 4.78 is 37.2. The first-order valence-electron chi connectivity index (χ1n) is 7.45. The average Bonchev–Trinajstić information content (AvgIpc) is 2.40. The maximum Gasteiger partial charge on any atom is 0.398 e. The summed E-state index contributed by atoms with van der Waals surface area (Å²) in [6.07, 6.45) is -2.83.